The van der Waals surface area contributed by atoms with Crippen LogP contribution in [0.2, 0.25) is 0 Å². The van der Waals surface area contributed by atoms with Crippen molar-refractivity contribution >= 4 is 15.8 Å². The summed E-state index contributed by atoms with van der Waals surface area (Å²) in [4.78, 5) is 10.9. The molecule has 1 aromatic carbocycles. The predicted molar refractivity (Wildman–Crippen MR) is 68.7 cm³/mol. The van der Waals surface area contributed by atoms with Gasteiger partial charge >= 0.3 is 5.97 Å². The lowest BCUT2D eigenvalue weighted by atomic mass is 10.2. The summed E-state index contributed by atoms with van der Waals surface area (Å²) in [6.45, 7) is 5.00. The first kappa shape index (κ1) is 14.2. The average Bonchev–Trinajstić information content (AvgIpc) is 2.35. The zero-order valence-corrected chi connectivity index (χ0v) is 10.8. The van der Waals surface area contributed by atoms with E-state index in [1.165, 1.54) is 18.2 Å². The number of carbonyl (C=O) groups excluding carboxylic acids is 1. The van der Waals surface area contributed by atoms with Crippen molar-refractivity contribution in [2.24, 2.45) is 0 Å². The van der Waals surface area contributed by atoms with Gasteiger partial charge in [-0.15, -0.1) is 0 Å². The standard InChI is InChI=1S/C13H14O4S/c1-3-13(14)17-9-4-10-18(15,16)12-7-5-11(2)6-8-12/h3-8,10H,1,9H2,2H3. The fourth-order valence-corrected chi connectivity index (χ4v) is 2.17. The van der Waals surface area contributed by atoms with E-state index in [9.17, 15) is 13.2 Å². The molecule has 96 valence electrons. The van der Waals surface area contributed by atoms with Gasteiger partial charge in [-0.05, 0) is 25.1 Å². The van der Waals surface area contributed by atoms with Crippen LogP contribution < -0.4 is 0 Å². The van der Waals surface area contributed by atoms with E-state index in [-0.39, 0.29) is 11.5 Å². The number of hydrogen-bond donors (Lipinski definition) is 0. The molecule has 0 aliphatic rings. The zero-order valence-electron chi connectivity index (χ0n) is 10.00. The van der Waals surface area contributed by atoms with Gasteiger partial charge in [-0.3, -0.25) is 0 Å². The van der Waals surface area contributed by atoms with Crippen LogP contribution in [0.15, 0.2) is 53.3 Å². The Bertz CT molecular complexity index is 553. The third kappa shape index (κ3) is 4.18. The highest BCUT2D eigenvalue weighted by Gasteiger charge is 2.09. The van der Waals surface area contributed by atoms with Gasteiger partial charge in [0.05, 0.1) is 4.90 Å². The summed E-state index contributed by atoms with van der Waals surface area (Å²) in [5.74, 6) is -0.590. The Morgan fingerprint density at radius 2 is 1.94 bits per heavy atom. The Kier molecular flexibility index (Phi) is 4.85. The quantitative estimate of drug-likeness (QED) is 0.604. The van der Waals surface area contributed by atoms with Crippen molar-refractivity contribution in [3.8, 4) is 0 Å². The lowest BCUT2D eigenvalue weighted by Gasteiger charge is -2.00. The number of carbonyl (C=O) groups is 1. The molecule has 0 aliphatic carbocycles. The van der Waals surface area contributed by atoms with Gasteiger partial charge in [0, 0.05) is 11.5 Å². The van der Waals surface area contributed by atoms with Gasteiger partial charge < -0.3 is 4.74 Å². The zero-order chi connectivity index (χ0) is 13.6. The number of ether oxygens (including phenoxy) is 1. The summed E-state index contributed by atoms with van der Waals surface area (Å²) in [6.07, 6.45) is 2.29. The minimum absolute atomic E-state index is 0.101. The topological polar surface area (TPSA) is 60.4 Å². The molecule has 18 heavy (non-hydrogen) atoms. The molecule has 0 aliphatic heterocycles. The van der Waals surface area contributed by atoms with E-state index in [0.717, 1.165) is 17.0 Å². The van der Waals surface area contributed by atoms with Gasteiger partial charge in [-0.2, -0.15) is 0 Å². The molecule has 0 radical (unpaired) electrons. The summed E-state index contributed by atoms with van der Waals surface area (Å²) in [7, 11) is -3.48. The van der Waals surface area contributed by atoms with Crippen LogP contribution in [0.1, 0.15) is 5.56 Å². The number of esters is 1. The molecule has 0 unspecified atom stereocenters. The van der Waals surface area contributed by atoms with Crippen molar-refractivity contribution < 1.29 is 17.9 Å². The summed E-state index contributed by atoms with van der Waals surface area (Å²) in [6, 6.07) is 6.51. The van der Waals surface area contributed by atoms with Gasteiger partial charge in [0.2, 0.25) is 0 Å². The second-order valence-corrected chi connectivity index (χ2v) is 5.40. The van der Waals surface area contributed by atoms with Crippen LogP contribution in [0.5, 0.6) is 0 Å². The highest BCUT2D eigenvalue weighted by Crippen LogP contribution is 2.12. The Morgan fingerprint density at radius 1 is 1.33 bits per heavy atom. The first-order valence-corrected chi connectivity index (χ1v) is 6.78. The van der Waals surface area contributed by atoms with Crippen LogP contribution in [0.25, 0.3) is 0 Å². The monoisotopic (exact) mass is 266 g/mol. The molecule has 4 nitrogen and oxygen atoms in total. The molecular formula is C13H14O4S. The molecule has 0 saturated heterocycles. The number of aryl methyl sites for hydroxylation is 1. The molecular weight excluding hydrogens is 252 g/mol. The van der Waals surface area contributed by atoms with Crippen molar-refractivity contribution in [3.05, 3.63) is 54.0 Å². The molecule has 1 aromatic rings. The lowest BCUT2D eigenvalue weighted by molar-refractivity contribution is -0.136. The minimum atomic E-state index is -3.48. The number of rotatable bonds is 5. The lowest BCUT2D eigenvalue weighted by Crippen LogP contribution is -2.01. The molecule has 0 N–H and O–H groups in total. The molecule has 1 rings (SSSR count). The van der Waals surface area contributed by atoms with E-state index in [2.05, 4.69) is 11.3 Å². The molecule has 0 fully saturated rings. The molecule has 0 bridgehead atoms. The maximum Gasteiger partial charge on any atom is 0.330 e. The van der Waals surface area contributed by atoms with E-state index in [0.29, 0.717) is 0 Å². The van der Waals surface area contributed by atoms with E-state index in [4.69, 9.17) is 0 Å². The highest BCUT2D eigenvalue weighted by molar-refractivity contribution is 7.94. The Labute approximate surface area is 107 Å². The van der Waals surface area contributed by atoms with Crippen LogP contribution in [0.4, 0.5) is 0 Å². The average molecular weight is 266 g/mol. The first-order valence-electron chi connectivity index (χ1n) is 5.23. The Hall–Kier alpha value is -1.88. The van der Waals surface area contributed by atoms with Crippen molar-refractivity contribution in [2.75, 3.05) is 6.61 Å². The van der Waals surface area contributed by atoms with Gasteiger partial charge in [0.25, 0.3) is 0 Å². The summed E-state index contributed by atoms with van der Waals surface area (Å²) in [5, 5.41) is 1.02. The van der Waals surface area contributed by atoms with Gasteiger partial charge in [-0.25, -0.2) is 13.2 Å². The maximum atomic E-state index is 11.8. The molecule has 0 spiro atoms. The normalized spacial score (nSPS) is 11.4. The van der Waals surface area contributed by atoms with Crippen molar-refractivity contribution in [1.82, 2.24) is 0 Å². The number of sulfone groups is 1. The van der Waals surface area contributed by atoms with Crippen LogP contribution >= 0.6 is 0 Å². The molecule has 0 heterocycles. The van der Waals surface area contributed by atoms with Crippen molar-refractivity contribution in [3.63, 3.8) is 0 Å². The van der Waals surface area contributed by atoms with Gasteiger partial charge in [-0.1, -0.05) is 24.3 Å². The molecule has 0 amide bonds. The highest BCUT2D eigenvalue weighted by atomic mass is 32.2. The Balaban J connectivity index is 2.70. The van der Waals surface area contributed by atoms with Crippen LogP contribution in [-0.4, -0.2) is 21.0 Å². The molecule has 0 atom stereocenters. The van der Waals surface area contributed by atoms with E-state index >= 15 is 0 Å². The second kappa shape index (κ2) is 6.16. The van der Waals surface area contributed by atoms with E-state index < -0.39 is 15.8 Å². The first-order chi connectivity index (χ1) is 8.45. The summed E-state index contributed by atoms with van der Waals surface area (Å²) in [5.41, 5.74) is 0.984. The third-order valence-corrected chi connectivity index (χ3v) is 3.59. The minimum Gasteiger partial charge on any atom is -0.458 e. The Morgan fingerprint density at radius 3 is 2.50 bits per heavy atom. The fraction of sp³-hybridized carbons (Fsp3) is 0.154. The largest absolute Gasteiger partial charge is 0.458 e. The third-order valence-electron chi connectivity index (χ3n) is 2.11. The number of benzene rings is 1. The second-order valence-electron chi connectivity index (χ2n) is 3.56. The van der Waals surface area contributed by atoms with Crippen LogP contribution in [0, 0.1) is 6.92 Å². The smallest absolute Gasteiger partial charge is 0.330 e. The maximum absolute atomic E-state index is 11.8. The van der Waals surface area contributed by atoms with Crippen molar-refractivity contribution in [1.29, 1.82) is 0 Å². The number of hydrogen-bond acceptors (Lipinski definition) is 4. The fourth-order valence-electron chi connectivity index (χ4n) is 1.16. The summed E-state index contributed by atoms with van der Waals surface area (Å²) < 4.78 is 28.3. The summed E-state index contributed by atoms with van der Waals surface area (Å²) >= 11 is 0. The van der Waals surface area contributed by atoms with Crippen molar-refractivity contribution in [2.45, 2.75) is 11.8 Å². The molecule has 0 aromatic heterocycles. The van der Waals surface area contributed by atoms with E-state index in [1.54, 1.807) is 12.1 Å². The van der Waals surface area contributed by atoms with Gasteiger partial charge in [0.1, 0.15) is 6.61 Å². The van der Waals surface area contributed by atoms with Crippen LogP contribution in [0.3, 0.4) is 0 Å². The predicted octanol–water partition coefficient (Wildman–Crippen LogP) is 2.01. The SMILES string of the molecule is C=CC(=O)OCC=CS(=O)(=O)c1ccc(C)cc1. The van der Waals surface area contributed by atoms with Crippen LogP contribution in [-0.2, 0) is 19.4 Å². The molecule has 5 heteroatoms. The van der Waals surface area contributed by atoms with E-state index in [1.807, 2.05) is 6.92 Å². The molecule has 0 saturated carbocycles. The van der Waals surface area contributed by atoms with Gasteiger partial charge in [0.15, 0.2) is 9.84 Å².